The van der Waals surface area contributed by atoms with E-state index < -0.39 is 0 Å². The number of rotatable bonds is 7. The summed E-state index contributed by atoms with van der Waals surface area (Å²) in [7, 11) is 0. The van der Waals surface area contributed by atoms with Gasteiger partial charge in [-0.15, -0.1) is 0 Å². The third kappa shape index (κ3) is 4.79. The molecule has 0 aromatic heterocycles. The van der Waals surface area contributed by atoms with Crippen LogP contribution in [0, 0.1) is 0 Å². The highest BCUT2D eigenvalue weighted by molar-refractivity contribution is 5.94. The fourth-order valence-electron chi connectivity index (χ4n) is 3.34. The molecule has 23 heavy (non-hydrogen) atoms. The SMILES string of the molecule is CCN(CC)Cc1ccc(C(=O)N2CCCCC2CCO)cc1. The Bertz CT molecular complexity index is 481. The molecular weight excluding hydrogens is 288 g/mol. The van der Waals surface area contributed by atoms with Crippen LogP contribution in [0.2, 0.25) is 0 Å². The summed E-state index contributed by atoms with van der Waals surface area (Å²) in [5.41, 5.74) is 2.01. The van der Waals surface area contributed by atoms with Crippen LogP contribution in [0.3, 0.4) is 0 Å². The molecular formula is C19H30N2O2. The number of hydrogen-bond acceptors (Lipinski definition) is 3. The van der Waals surface area contributed by atoms with E-state index in [0.717, 1.165) is 51.0 Å². The van der Waals surface area contributed by atoms with Crippen molar-refractivity contribution in [2.75, 3.05) is 26.2 Å². The number of aliphatic hydroxyl groups excluding tert-OH is 1. The predicted molar refractivity (Wildman–Crippen MR) is 93.4 cm³/mol. The molecule has 0 spiro atoms. The molecule has 1 atom stereocenters. The average Bonchev–Trinajstić information content (AvgIpc) is 2.60. The van der Waals surface area contributed by atoms with E-state index in [-0.39, 0.29) is 18.6 Å². The lowest BCUT2D eigenvalue weighted by molar-refractivity contribution is 0.0574. The predicted octanol–water partition coefficient (Wildman–Crippen LogP) is 2.91. The van der Waals surface area contributed by atoms with Crippen molar-refractivity contribution in [1.29, 1.82) is 0 Å². The largest absolute Gasteiger partial charge is 0.396 e. The topological polar surface area (TPSA) is 43.8 Å². The summed E-state index contributed by atoms with van der Waals surface area (Å²) < 4.78 is 0. The summed E-state index contributed by atoms with van der Waals surface area (Å²) in [6.45, 7) is 8.29. The Morgan fingerprint density at radius 3 is 2.52 bits per heavy atom. The van der Waals surface area contributed by atoms with Crippen molar-refractivity contribution in [3.8, 4) is 0 Å². The summed E-state index contributed by atoms with van der Waals surface area (Å²) in [5.74, 6) is 0.109. The van der Waals surface area contributed by atoms with Gasteiger partial charge in [-0.05, 0) is 56.5 Å². The summed E-state index contributed by atoms with van der Waals surface area (Å²) >= 11 is 0. The first-order chi connectivity index (χ1) is 11.2. The van der Waals surface area contributed by atoms with Crippen molar-refractivity contribution >= 4 is 5.91 Å². The van der Waals surface area contributed by atoms with E-state index in [1.54, 1.807) is 0 Å². The number of piperidine rings is 1. The Labute approximate surface area is 140 Å². The maximum absolute atomic E-state index is 12.8. The molecule has 0 bridgehead atoms. The lowest BCUT2D eigenvalue weighted by Crippen LogP contribution is -2.44. The van der Waals surface area contributed by atoms with Gasteiger partial charge in [0.2, 0.25) is 0 Å². The van der Waals surface area contributed by atoms with Gasteiger partial charge in [0.1, 0.15) is 0 Å². The van der Waals surface area contributed by atoms with Crippen molar-refractivity contribution in [1.82, 2.24) is 9.80 Å². The summed E-state index contributed by atoms with van der Waals surface area (Å²) in [6, 6.07) is 8.22. The molecule has 128 valence electrons. The second-order valence-electron chi connectivity index (χ2n) is 6.32. The lowest BCUT2D eigenvalue weighted by Gasteiger charge is -2.35. The first-order valence-electron chi connectivity index (χ1n) is 8.92. The molecule has 1 N–H and O–H groups in total. The van der Waals surface area contributed by atoms with Gasteiger partial charge in [0.25, 0.3) is 5.91 Å². The molecule has 4 heteroatoms. The highest BCUT2D eigenvalue weighted by atomic mass is 16.3. The van der Waals surface area contributed by atoms with Gasteiger partial charge in [-0.1, -0.05) is 26.0 Å². The molecule has 0 aliphatic carbocycles. The number of aliphatic hydroxyl groups is 1. The van der Waals surface area contributed by atoms with Gasteiger partial charge in [0.15, 0.2) is 0 Å². The van der Waals surface area contributed by atoms with Crippen LogP contribution in [0.1, 0.15) is 55.5 Å². The molecule has 1 unspecified atom stereocenters. The van der Waals surface area contributed by atoms with Crippen LogP contribution in [0.4, 0.5) is 0 Å². The molecule has 1 aliphatic heterocycles. The Morgan fingerprint density at radius 1 is 1.22 bits per heavy atom. The zero-order valence-corrected chi connectivity index (χ0v) is 14.5. The van der Waals surface area contributed by atoms with Crippen LogP contribution < -0.4 is 0 Å². The number of hydrogen-bond donors (Lipinski definition) is 1. The third-order valence-electron chi connectivity index (χ3n) is 4.85. The number of benzene rings is 1. The first kappa shape index (κ1) is 18.0. The van der Waals surface area contributed by atoms with E-state index >= 15 is 0 Å². The molecule has 1 saturated heterocycles. The van der Waals surface area contributed by atoms with Crippen molar-refractivity contribution in [2.45, 2.75) is 52.1 Å². The normalized spacial score (nSPS) is 18.4. The van der Waals surface area contributed by atoms with Crippen molar-refractivity contribution < 1.29 is 9.90 Å². The number of carbonyl (C=O) groups is 1. The van der Waals surface area contributed by atoms with Crippen LogP contribution >= 0.6 is 0 Å². The molecule has 0 radical (unpaired) electrons. The molecule has 2 rings (SSSR count). The number of carbonyl (C=O) groups excluding carboxylic acids is 1. The second kappa shape index (κ2) is 9.04. The minimum Gasteiger partial charge on any atom is -0.396 e. The van der Waals surface area contributed by atoms with Gasteiger partial charge in [-0.25, -0.2) is 0 Å². The van der Waals surface area contributed by atoms with Crippen LogP contribution in [0.15, 0.2) is 24.3 Å². The van der Waals surface area contributed by atoms with Gasteiger partial charge < -0.3 is 10.0 Å². The van der Waals surface area contributed by atoms with E-state index in [1.807, 2.05) is 17.0 Å². The standard InChI is InChI=1S/C19H30N2O2/c1-3-20(4-2)15-16-8-10-17(11-9-16)19(23)21-13-6-5-7-18(21)12-14-22/h8-11,18,22H,3-7,12-15H2,1-2H3. The van der Waals surface area contributed by atoms with Crippen LogP contribution in [0.25, 0.3) is 0 Å². The van der Waals surface area contributed by atoms with E-state index in [1.165, 1.54) is 5.56 Å². The number of nitrogens with zero attached hydrogens (tertiary/aromatic N) is 2. The van der Waals surface area contributed by atoms with Gasteiger partial charge in [0, 0.05) is 31.3 Å². The van der Waals surface area contributed by atoms with Crippen molar-refractivity contribution in [3.05, 3.63) is 35.4 Å². The highest BCUT2D eigenvalue weighted by Crippen LogP contribution is 2.22. The zero-order chi connectivity index (χ0) is 16.7. The minimum absolute atomic E-state index is 0.109. The van der Waals surface area contributed by atoms with Crippen LogP contribution in [-0.2, 0) is 6.54 Å². The fourth-order valence-corrected chi connectivity index (χ4v) is 3.34. The third-order valence-corrected chi connectivity index (χ3v) is 4.85. The van der Waals surface area contributed by atoms with Gasteiger partial charge in [-0.2, -0.15) is 0 Å². The summed E-state index contributed by atoms with van der Waals surface area (Å²) in [5, 5.41) is 9.21. The lowest BCUT2D eigenvalue weighted by atomic mass is 9.98. The first-order valence-corrected chi connectivity index (χ1v) is 8.92. The molecule has 1 fully saturated rings. The van der Waals surface area contributed by atoms with E-state index in [9.17, 15) is 9.90 Å². The molecule has 1 amide bonds. The fraction of sp³-hybridized carbons (Fsp3) is 0.632. The molecule has 0 saturated carbocycles. The monoisotopic (exact) mass is 318 g/mol. The van der Waals surface area contributed by atoms with Crippen molar-refractivity contribution in [2.24, 2.45) is 0 Å². The quantitative estimate of drug-likeness (QED) is 0.841. The smallest absolute Gasteiger partial charge is 0.254 e. The number of likely N-dealkylation sites (tertiary alicyclic amines) is 1. The Balaban J connectivity index is 2.04. The molecule has 1 heterocycles. The Kier molecular flexibility index (Phi) is 7.06. The Morgan fingerprint density at radius 2 is 1.91 bits per heavy atom. The highest BCUT2D eigenvalue weighted by Gasteiger charge is 2.26. The van der Waals surface area contributed by atoms with Gasteiger partial charge >= 0.3 is 0 Å². The van der Waals surface area contributed by atoms with E-state index in [2.05, 4.69) is 30.9 Å². The number of amides is 1. The van der Waals surface area contributed by atoms with Crippen LogP contribution in [0.5, 0.6) is 0 Å². The molecule has 1 aromatic rings. The second-order valence-corrected chi connectivity index (χ2v) is 6.32. The Hall–Kier alpha value is -1.39. The zero-order valence-electron chi connectivity index (χ0n) is 14.5. The average molecular weight is 318 g/mol. The molecule has 1 aliphatic rings. The van der Waals surface area contributed by atoms with Gasteiger partial charge in [-0.3, -0.25) is 9.69 Å². The van der Waals surface area contributed by atoms with Crippen LogP contribution in [-0.4, -0.2) is 53.1 Å². The summed E-state index contributed by atoms with van der Waals surface area (Å²) in [6.07, 6.45) is 3.91. The summed E-state index contributed by atoms with van der Waals surface area (Å²) in [4.78, 5) is 17.1. The maximum Gasteiger partial charge on any atom is 0.254 e. The minimum atomic E-state index is 0.109. The maximum atomic E-state index is 12.8. The van der Waals surface area contributed by atoms with E-state index in [0.29, 0.717) is 6.42 Å². The van der Waals surface area contributed by atoms with Crippen molar-refractivity contribution in [3.63, 3.8) is 0 Å². The molecule has 4 nitrogen and oxygen atoms in total. The molecule has 1 aromatic carbocycles. The van der Waals surface area contributed by atoms with Gasteiger partial charge in [0.05, 0.1) is 0 Å². The van der Waals surface area contributed by atoms with E-state index in [4.69, 9.17) is 0 Å².